The highest BCUT2D eigenvalue weighted by Gasteiger charge is 2.39. The molecule has 3 aliphatic rings. The number of carbonyl (C=O) groups is 2. The number of likely N-dealkylation sites (tertiary alicyclic amines) is 1. The summed E-state index contributed by atoms with van der Waals surface area (Å²) in [5.41, 5.74) is 0. The normalized spacial score (nSPS) is 25.7. The van der Waals surface area contributed by atoms with Crippen molar-refractivity contribution in [1.29, 1.82) is 0 Å². The van der Waals surface area contributed by atoms with Crippen molar-refractivity contribution < 1.29 is 14.7 Å². The van der Waals surface area contributed by atoms with Gasteiger partial charge in [-0.15, -0.1) is 0 Å². The van der Waals surface area contributed by atoms with Gasteiger partial charge >= 0.3 is 12.0 Å². The summed E-state index contributed by atoms with van der Waals surface area (Å²) in [4.78, 5) is 27.6. The van der Waals surface area contributed by atoms with Gasteiger partial charge in [0.25, 0.3) is 0 Å². The monoisotopic (exact) mass is 294 g/mol. The van der Waals surface area contributed by atoms with Gasteiger partial charge in [-0.05, 0) is 56.8 Å². The quantitative estimate of drug-likeness (QED) is 0.819. The zero-order chi connectivity index (χ0) is 14.8. The molecule has 1 heterocycles. The Balaban J connectivity index is 1.53. The molecule has 2 saturated carbocycles. The predicted molar refractivity (Wildman–Crippen MR) is 79.0 cm³/mol. The zero-order valence-corrected chi connectivity index (χ0v) is 12.7. The highest BCUT2D eigenvalue weighted by Crippen LogP contribution is 2.36. The summed E-state index contributed by atoms with van der Waals surface area (Å²) in [6.07, 6.45) is 7.87. The lowest BCUT2D eigenvalue weighted by Gasteiger charge is -2.36. The van der Waals surface area contributed by atoms with Crippen LogP contribution in [-0.4, -0.2) is 52.6 Å². The molecule has 5 heteroatoms. The van der Waals surface area contributed by atoms with Crippen LogP contribution in [-0.2, 0) is 4.79 Å². The predicted octanol–water partition coefficient (Wildman–Crippen LogP) is 2.56. The number of carboxylic acids is 1. The molecule has 1 atom stereocenters. The van der Waals surface area contributed by atoms with Crippen molar-refractivity contribution in [2.75, 3.05) is 19.6 Å². The SMILES string of the molecule is O=C(O)CCC1CCCN(C(=O)N(CC2CC2)C2CC2)C1. The molecule has 0 aromatic heterocycles. The summed E-state index contributed by atoms with van der Waals surface area (Å²) in [7, 11) is 0. The topological polar surface area (TPSA) is 60.9 Å². The van der Waals surface area contributed by atoms with Gasteiger partial charge < -0.3 is 14.9 Å². The van der Waals surface area contributed by atoms with Crippen molar-refractivity contribution in [2.45, 2.75) is 57.4 Å². The number of nitrogens with zero attached hydrogens (tertiary/aromatic N) is 2. The number of aliphatic carboxylic acids is 1. The van der Waals surface area contributed by atoms with Crippen molar-refractivity contribution in [3.05, 3.63) is 0 Å². The zero-order valence-electron chi connectivity index (χ0n) is 12.7. The van der Waals surface area contributed by atoms with Gasteiger partial charge in [0.2, 0.25) is 0 Å². The fourth-order valence-corrected chi connectivity index (χ4v) is 3.33. The molecule has 1 saturated heterocycles. The van der Waals surface area contributed by atoms with E-state index in [4.69, 9.17) is 5.11 Å². The van der Waals surface area contributed by atoms with E-state index in [2.05, 4.69) is 4.90 Å². The van der Waals surface area contributed by atoms with E-state index in [0.717, 1.165) is 51.2 Å². The third kappa shape index (κ3) is 4.11. The second kappa shape index (κ2) is 6.24. The maximum Gasteiger partial charge on any atom is 0.320 e. The average Bonchev–Trinajstić information content (AvgIpc) is 3.35. The van der Waals surface area contributed by atoms with E-state index in [9.17, 15) is 9.59 Å². The Morgan fingerprint density at radius 1 is 1.10 bits per heavy atom. The Labute approximate surface area is 126 Å². The number of amides is 2. The second-order valence-corrected chi connectivity index (χ2v) is 7.00. The van der Waals surface area contributed by atoms with Crippen molar-refractivity contribution in [2.24, 2.45) is 11.8 Å². The number of rotatable bonds is 6. The first-order valence-corrected chi connectivity index (χ1v) is 8.41. The molecule has 2 amide bonds. The van der Waals surface area contributed by atoms with E-state index >= 15 is 0 Å². The van der Waals surface area contributed by atoms with Crippen LogP contribution in [0.4, 0.5) is 4.79 Å². The Hall–Kier alpha value is -1.26. The van der Waals surface area contributed by atoms with Gasteiger partial charge in [-0.3, -0.25) is 4.79 Å². The Morgan fingerprint density at radius 2 is 1.86 bits per heavy atom. The highest BCUT2D eigenvalue weighted by atomic mass is 16.4. The average molecular weight is 294 g/mol. The van der Waals surface area contributed by atoms with Crippen LogP contribution in [0.2, 0.25) is 0 Å². The fourth-order valence-electron chi connectivity index (χ4n) is 3.33. The van der Waals surface area contributed by atoms with E-state index in [-0.39, 0.29) is 12.5 Å². The summed E-state index contributed by atoms with van der Waals surface area (Å²) in [6, 6.07) is 0.696. The number of hydrogen-bond donors (Lipinski definition) is 1. The number of urea groups is 1. The first-order valence-electron chi connectivity index (χ1n) is 8.41. The number of hydrogen-bond acceptors (Lipinski definition) is 2. The third-order valence-corrected chi connectivity index (χ3v) is 4.94. The van der Waals surface area contributed by atoms with Crippen molar-refractivity contribution in [1.82, 2.24) is 9.80 Å². The van der Waals surface area contributed by atoms with E-state index < -0.39 is 5.97 Å². The van der Waals surface area contributed by atoms with E-state index in [1.807, 2.05) is 4.90 Å². The molecule has 1 unspecified atom stereocenters. The molecule has 3 rings (SSSR count). The Morgan fingerprint density at radius 3 is 2.48 bits per heavy atom. The summed E-state index contributed by atoms with van der Waals surface area (Å²) >= 11 is 0. The minimum Gasteiger partial charge on any atom is -0.481 e. The van der Waals surface area contributed by atoms with Gasteiger partial charge in [0, 0.05) is 32.1 Å². The standard InChI is InChI=1S/C16H26N2O3/c19-15(20)8-5-12-2-1-9-17(10-12)16(21)18(14-6-7-14)11-13-3-4-13/h12-14H,1-11H2,(H,19,20). The van der Waals surface area contributed by atoms with Crippen molar-refractivity contribution >= 4 is 12.0 Å². The van der Waals surface area contributed by atoms with E-state index in [0.29, 0.717) is 18.4 Å². The van der Waals surface area contributed by atoms with Gasteiger partial charge in [-0.1, -0.05) is 0 Å². The van der Waals surface area contributed by atoms with Crippen LogP contribution < -0.4 is 0 Å². The lowest BCUT2D eigenvalue weighted by atomic mass is 9.93. The molecule has 0 aromatic carbocycles. The van der Waals surface area contributed by atoms with Crippen LogP contribution >= 0.6 is 0 Å². The van der Waals surface area contributed by atoms with Crippen LogP contribution in [0.15, 0.2) is 0 Å². The smallest absolute Gasteiger partial charge is 0.320 e. The van der Waals surface area contributed by atoms with Crippen LogP contribution in [0.25, 0.3) is 0 Å². The minimum absolute atomic E-state index is 0.212. The highest BCUT2D eigenvalue weighted by molar-refractivity contribution is 5.75. The Bertz CT molecular complexity index is 404. The molecule has 0 aromatic rings. The Kier molecular flexibility index (Phi) is 4.36. The van der Waals surface area contributed by atoms with Crippen molar-refractivity contribution in [3.8, 4) is 0 Å². The molecule has 5 nitrogen and oxygen atoms in total. The summed E-state index contributed by atoms with van der Waals surface area (Å²) in [6.45, 7) is 2.54. The molecule has 1 aliphatic heterocycles. The maximum absolute atomic E-state index is 12.8. The van der Waals surface area contributed by atoms with Crippen LogP contribution in [0.1, 0.15) is 51.4 Å². The first-order chi connectivity index (χ1) is 10.1. The van der Waals surface area contributed by atoms with Gasteiger partial charge in [-0.25, -0.2) is 4.79 Å². The fraction of sp³-hybridized carbons (Fsp3) is 0.875. The lowest BCUT2D eigenvalue weighted by Crippen LogP contribution is -2.49. The molecule has 0 bridgehead atoms. The number of carbonyl (C=O) groups excluding carboxylic acids is 1. The second-order valence-electron chi connectivity index (χ2n) is 7.00. The molecule has 21 heavy (non-hydrogen) atoms. The van der Waals surface area contributed by atoms with Gasteiger partial charge in [0.1, 0.15) is 0 Å². The van der Waals surface area contributed by atoms with Crippen LogP contribution in [0.5, 0.6) is 0 Å². The molecule has 118 valence electrons. The molecular formula is C16H26N2O3. The molecule has 0 spiro atoms. The minimum atomic E-state index is -0.730. The molecule has 1 N–H and O–H groups in total. The van der Waals surface area contributed by atoms with Crippen molar-refractivity contribution in [3.63, 3.8) is 0 Å². The largest absolute Gasteiger partial charge is 0.481 e. The van der Waals surface area contributed by atoms with Crippen LogP contribution in [0, 0.1) is 11.8 Å². The van der Waals surface area contributed by atoms with Crippen LogP contribution in [0.3, 0.4) is 0 Å². The van der Waals surface area contributed by atoms with Gasteiger partial charge in [0.15, 0.2) is 0 Å². The molecule has 0 radical (unpaired) electrons. The summed E-state index contributed by atoms with van der Waals surface area (Å²) in [5.74, 6) is 0.370. The lowest BCUT2D eigenvalue weighted by molar-refractivity contribution is -0.137. The van der Waals surface area contributed by atoms with Gasteiger partial charge in [-0.2, -0.15) is 0 Å². The molecule has 2 aliphatic carbocycles. The van der Waals surface area contributed by atoms with E-state index in [1.54, 1.807) is 0 Å². The first kappa shape index (κ1) is 14.7. The van der Waals surface area contributed by atoms with Gasteiger partial charge in [0.05, 0.1) is 0 Å². The van der Waals surface area contributed by atoms with E-state index in [1.165, 1.54) is 12.8 Å². The molecule has 3 fully saturated rings. The maximum atomic E-state index is 12.8. The molecular weight excluding hydrogens is 268 g/mol. The number of carboxylic acid groups (broad SMARTS) is 1. The summed E-state index contributed by atoms with van der Waals surface area (Å²) < 4.78 is 0. The number of piperidine rings is 1. The third-order valence-electron chi connectivity index (χ3n) is 4.94. The summed E-state index contributed by atoms with van der Waals surface area (Å²) in [5, 5.41) is 8.81.